The van der Waals surface area contributed by atoms with Crippen LogP contribution >= 0.6 is 12.2 Å². The zero-order valence-electron chi connectivity index (χ0n) is 13.4. The van der Waals surface area contributed by atoms with Gasteiger partial charge >= 0.3 is 0 Å². The maximum Gasteiger partial charge on any atom is 0.175 e. The minimum atomic E-state index is 0.329. The maximum atomic E-state index is 5.93. The molecule has 116 valence electrons. The molecule has 0 aliphatic rings. The summed E-state index contributed by atoms with van der Waals surface area (Å²) in [7, 11) is 8.06. The van der Waals surface area contributed by atoms with Crippen molar-refractivity contribution in [1.82, 2.24) is 0 Å². The van der Waals surface area contributed by atoms with Gasteiger partial charge in [0.2, 0.25) is 0 Å². The average Bonchev–Trinajstić information content (AvgIpc) is 2.48. The van der Waals surface area contributed by atoms with E-state index in [1.807, 2.05) is 57.4 Å². The fraction of sp³-hybridized carbons (Fsp3) is 0.235. The van der Waals surface area contributed by atoms with Gasteiger partial charge in [0.05, 0.1) is 0 Å². The summed E-state index contributed by atoms with van der Waals surface area (Å²) in [6, 6.07) is 16.3. The molecule has 0 unspecified atom stereocenters. The lowest BCUT2D eigenvalue weighted by molar-refractivity contribution is 1.13. The zero-order chi connectivity index (χ0) is 16.3. The van der Waals surface area contributed by atoms with Crippen LogP contribution in [-0.4, -0.2) is 33.3 Å². The van der Waals surface area contributed by atoms with Crippen molar-refractivity contribution < 1.29 is 0 Å². The van der Waals surface area contributed by atoms with E-state index in [0.717, 1.165) is 22.7 Å². The van der Waals surface area contributed by atoms with E-state index < -0.39 is 0 Å². The van der Waals surface area contributed by atoms with Crippen LogP contribution in [0.15, 0.2) is 48.5 Å². The number of nitrogens with two attached hydrogens (primary N) is 1. The molecule has 0 fully saturated rings. The third-order valence-electron chi connectivity index (χ3n) is 3.47. The van der Waals surface area contributed by atoms with Crippen LogP contribution in [0, 0.1) is 0 Å². The molecule has 2 N–H and O–H groups in total. The molecular formula is C17H22N4S. The first-order valence-electron chi connectivity index (χ1n) is 7.04. The highest BCUT2D eigenvalue weighted by Crippen LogP contribution is 2.28. The largest absolute Gasteiger partial charge is 0.378 e. The van der Waals surface area contributed by atoms with Gasteiger partial charge < -0.3 is 15.5 Å². The van der Waals surface area contributed by atoms with Crippen LogP contribution in [0.4, 0.5) is 22.7 Å². The second-order valence-electron chi connectivity index (χ2n) is 5.50. The fourth-order valence-corrected chi connectivity index (χ4v) is 2.41. The molecule has 0 amide bonds. The summed E-state index contributed by atoms with van der Waals surface area (Å²) in [5, 5.41) is 0.329. The summed E-state index contributed by atoms with van der Waals surface area (Å²) < 4.78 is 0. The normalized spacial score (nSPS) is 10.2. The summed E-state index contributed by atoms with van der Waals surface area (Å²) in [6.45, 7) is 0. The van der Waals surface area contributed by atoms with Crippen LogP contribution in [0.5, 0.6) is 0 Å². The van der Waals surface area contributed by atoms with Gasteiger partial charge in [-0.05, 0) is 60.7 Å². The van der Waals surface area contributed by atoms with E-state index in [2.05, 4.69) is 34.1 Å². The van der Waals surface area contributed by atoms with Crippen LogP contribution < -0.4 is 20.4 Å². The van der Waals surface area contributed by atoms with Gasteiger partial charge in [0.1, 0.15) is 0 Å². The van der Waals surface area contributed by atoms with E-state index in [-0.39, 0.29) is 0 Å². The molecule has 0 aliphatic heterocycles. The number of nitrogens with zero attached hydrogens (tertiary/aromatic N) is 3. The van der Waals surface area contributed by atoms with Gasteiger partial charge in [-0.15, -0.1) is 0 Å². The summed E-state index contributed by atoms with van der Waals surface area (Å²) in [6.07, 6.45) is 0. The predicted molar refractivity (Wildman–Crippen MR) is 100 cm³/mol. The Balaban J connectivity index is 2.35. The molecule has 22 heavy (non-hydrogen) atoms. The van der Waals surface area contributed by atoms with E-state index >= 15 is 0 Å². The van der Waals surface area contributed by atoms with Crippen LogP contribution in [-0.2, 0) is 0 Å². The minimum Gasteiger partial charge on any atom is -0.378 e. The van der Waals surface area contributed by atoms with E-state index in [1.165, 1.54) is 0 Å². The maximum absolute atomic E-state index is 5.93. The second-order valence-corrected chi connectivity index (χ2v) is 5.91. The van der Waals surface area contributed by atoms with Crippen molar-refractivity contribution >= 4 is 40.1 Å². The van der Waals surface area contributed by atoms with Crippen molar-refractivity contribution in [3.05, 3.63) is 48.5 Å². The van der Waals surface area contributed by atoms with Gasteiger partial charge in [0.25, 0.3) is 0 Å². The summed E-state index contributed by atoms with van der Waals surface area (Å²) in [5.41, 5.74) is 10.1. The number of benzene rings is 2. The van der Waals surface area contributed by atoms with Gasteiger partial charge in [0, 0.05) is 50.9 Å². The fourth-order valence-electron chi connectivity index (χ4n) is 2.20. The first-order valence-corrected chi connectivity index (χ1v) is 7.45. The topological polar surface area (TPSA) is 35.7 Å². The Labute approximate surface area is 137 Å². The molecule has 5 heteroatoms. The highest BCUT2D eigenvalue weighted by Gasteiger charge is 2.12. The Hall–Kier alpha value is -2.27. The lowest BCUT2D eigenvalue weighted by atomic mass is 10.2. The predicted octanol–water partition coefficient (Wildman–Crippen LogP) is 3.20. The number of anilines is 4. The summed E-state index contributed by atoms with van der Waals surface area (Å²) >= 11 is 5.23. The van der Waals surface area contributed by atoms with E-state index in [0.29, 0.717) is 5.11 Å². The third-order valence-corrected chi connectivity index (χ3v) is 3.65. The lowest BCUT2D eigenvalue weighted by Crippen LogP contribution is -2.31. The summed E-state index contributed by atoms with van der Waals surface area (Å²) in [4.78, 5) is 5.98. The SMILES string of the molecule is CN(C)c1ccc(N(C(N)=S)c2ccc(N(C)C)cc2)cc1. The Bertz CT molecular complexity index is 581. The Morgan fingerprint density at radius 3 is 1.18 bits per heavy atom. The lowest BCUT2D eigenvalue weighted by Gasteiger charge is -2.24. The van der Waals surface area contributed by atoms with Crippen LogP contribution in [0.25, 0.3) is 0 Å². The Kier molecular flexibility index (Phi) is 4.88. The van der Waals surface area contributed by atoms with Crippen molar-refractivity contribution in [2.75, 3.05) is 42.9 Å². The molecule has 2 rings (SSSR count). The van der Waals surface area contributed by atoms with Gasteiger partial charge in [0.15, 0.2) is 5.11 Å². The van der Waals surface area contributed by atoms with Crippen molar-refractivity contribution in [2.24, 2.45) is 5.73 Å². The van der Waals surface area contributed by atoms with Gasteiger partial charge in [-0.3, -0.25) is 4.90 Å². The first-order chi connectivity index (χ1) is 10.4. The monoisotopic (exact) mass is 314 g/mol. The van der Waals surface area contributed by atoms with E-state index in [9.17, 15) is 0 Å². The Morgan fingerprint density at radius 1 is 0.682 bits per heavy atom. The van der Waals surface area contributed by atoms with E-state index in [1.54, 1.807) is 0 Å². The van der Waals surface area contributed by atoms with Crippen LogP contribution in [0.1, 0.15) is 0 Å². The molecule has 4 nitrogen and oxygen atoms in total. The molecule has 0 aromatic heterocycles. The average molecular weight is 314 g/mol. The number of hydrogen-bond donors (Lipinski definition) is 1. The van der Waals surface area contributed by atoms with Crippen molar-refractivity contribution in [2.45, 2.75) is 0 Å². The molecule has 0 aliphatic carbocycles. The standard InChI is InChI=1S/C17H22N4S/c1-19(2)13-5-9-15(10-6-13)21(17(18)22)16-11-7-14(8-12-16)20(3)4/h5-12H,1-4H3,(H2,18,22). The van der Waals surface area contributed by atoms with Gasteiger partial charge in [-0.1, -0.05) is 0 Å². The smallest absolute Gasteiger partial charge is 0.175 e. The van der Waals surface area contributed by atoms with Gasteiger partial charge in [-0.25, -0.2) is 0 Å². The molecule has 0 saturated carbocycles. The Morgan fingerprint density at radius 2 is 0.955 bits per heavy atom. The number of rotatable bonds is 4. The third kappa shape index (κ3) is 3.49. The molecule has 0 spiro atoms. The highest BCUT2D eigenvalue weighted by molar-refractivity contribution is 7.80. The molecule has 0 saturated heterocycles. The highest BCUT2D eigenvalue weighted by atomic mass is 32.1. The van der Waals surface area contributed by atoms with Crippen molar-refractivity contribution in [1.29, 1.82) is 0 Å². The van der Waals surface area contributed by atoms with Crippen molar-refractivity contribution in [3.63, 3.8) is 0 Å². The molecule has 0 bridgehead atoms. The molecule has 0 radical (unpaired) electrons. The number of hydrogen-bond acceptors (Lipinski definition) is 3. The molecule has 2 aromatic carbocycles. The summed E-state index contributed by atoms with van der Waals surface area (Å²) in [5.74, 6) is 0. The quantitative estimate of drug-likeness (QED) is 0.877. The molecule has 0 heterocycles. The van der Waals surface area contributed by atoms with Gasteiger partial charge in [-0.2, -0.15) is 0 Å². The second kappa shape index (κ2) is 6.66. The van der Waals surface area contributed by atoms with Crippen LogP contribution in [0.3, 0.4) is 0 Å². The van der Waals surface area contributed by atoms with Crippen molar-refractivity contribution in [3.8, 4) is 0 Å². The van der Waals surface area contributed by atoms with Crippen LogP contribution in [0.2, 0.25) is 0 Å². The van der Waals surface area contributed by atoms with E-state index in [4.69, 9.17) is 18.0 Å². The molecule has 0 atom stereocenters. The number of thiocarbonyl (C=S) groups is 1. The first kappa shape index (κ1) is 16.1. The zero-order valence-corrected chi connectivity index (χ0v) is 14.3. The molecule has 2 aromatic rings. The minimum absolute atomic E-state index is 0.329. The molecular weight excluding hydrogens is 292 g/mol.